The molecule has 2 heterocycles. The van der Waals surface area contributed by atoms with Gasteiger partial charge in [0.25, 0.3) is 0 Å². The second-order valence-electron chi connectivity index (χ2n) is 3.09. The van der Waals surface area contributed by atoms with Crippen molar-refractivity contribution in [3.63, 3.8) is 0 Å². The van der Waals surface area contributed by atoms with Gasteiger partial charge in [0.1, 0.15) is 0 Å². The molecule has 1 amide bonds. The van der Waals surface area contributed by atoms with Crippen molar-refractivity contribution >= 4 is 11.7 Å². The van der Waals surface area contributed by atoms with Crippen LogP contribution in [0.5, 0.6) is 0 Å². The SMILES string of the molecule is CC(=O)Nc1ncn2c1CNCC2. The minimum atomic E-state index is -0.0768. The highest BCUT2D eigenvalue weighted by atomic mass is 16.1. The van der Waals surface area contributed by atoms with E-state index in [0.717, 1.165) is 25.3 Å². The molecule has 1 aliphatic rings. The van der Waals surface area contributed by atoms with Crippen LogP contribution in [0, 0.1) is 0 Å². The van der Waals surface area contributed by atoms with Crippen LogP contribution in [0.2, 0.25) is 0 Å². The molecule has 0 atom stereocenters. The Kier molecular flexibility index (Phi) is 2.02. The number of fused-ring (bicyclic) bond motifs is 1. The summed E-state index contributed by atoms with van der Waals surface area (Å²) in [5.74, 6) is 0.603. The molecule has 0 radical (unpaired) electrons. The van der Waals surface area contributed by atoms with Gasteiger partial charge in [-0.25, -0.2) is 4.98 Å². The van der Waals surface area contributed by atoms with E-state index < -0.39 is 0 Å². The number of nitrogens with one attached hydrogen (secondary N) is 2. The van der Waals surface area contributed by atoms with Gasteiger partial charge in [0, 0.05) is 26.6 Å². The lowest BCUT2D eigenvalue weighted by atomic mass is 10.3. The van der Waals surface area contributed by atoms with Crippen LogP contribution in [-0.4, -0.2) is 22.0 Å². The number of hydrogen-bond donors (Lipinski definition) is 2. The van der Waals surface area contributed by atoms with Gasteiger partial charge in [-0.3, -0.25) is 4.79 Å². The second kappa shape index (κ2) is 3.18. The van der Waals surface area contributed by atoms with Crippen molar-refractivity contribution in [1.82, 2.24) is 14.9 Å². The van der Waals surface area contributed by atoms with Crippen molar-refractivity contribution < 1.29 is 4.79 Å². The first kappa shape index (κ1) is 8.25. The summed E-state index contributed by atoms with van der Waals surface area (Å²) in [6.07, 6.45) is 1.77. The zero-order valence-corrected chi connectivity index (χ0v) is 7.50. The van der Waals surface area contributed by atoms with E-state index in [-0.39, 0.29) is 5.91 Å². The average molecular weight is 180 g/mol. The molecule has 0 saturated heterocycles. The van der Waals surface area contributed by atoms with Crippen LogP contribution in [0.25, 0.3) is 0 Å². The number of rotatable bonds is 1. The Bertz CT molecular complexity index is 331. The molecule has 5 heteroatoms. The van der Waals surface area contributed by atoms with Gasteiger partial charge in [-0.05, 0) is 0 Å². The largest absolute Gasteiger partial charge is 0.330 e. The quantitative estimate of drug-likeness (QED) is 0.636. The van der Waals surface area contributed by atoms with Crippen LogP contribution in [0.3, 0.4) is 0 Å². The topological polar surface area (TPSA) is 59.0 Å². The maximum atomic E-state index is 10.8. The smallest absolute Gasteiger partial charge is 0.222 e. The summed E-state index contributed by atoms with van der Waals surface area (Å²) < 4.78 is 2.06. The molecule has 0 aliphatic carbocycles. The van der Waals surface area contributed by atoms with Crippen molar-refractivity contribution in [2.24, 2.45) is 0 Å². The van der Waals surface area contributed by atoms with E-state index in [0.29, 0.717) is 5.82 Å². The van der Waals surface area contributed by atoms with Gasteiger partial charge in [0.15, 0.2) is 5.82 Å². The highest BCUT2D eigenvalue weighted by Crippen LogP contribution is 2.15. The summed E-state index contributed by atoms with van der Waals surface area (Å²) in [5, 5.41) is 5.93. The van der Waals surface area contributed by atoms with Crippen molar-refractivity contribution in [3.8, 4) is 0 Å². The Morgan fingerprint density at radius 1 is 1.77 bits per heavy atom. The van der Waals surface area contributed by atoms with Crippen molar-refractivity contribution in [1.29, 1.82) is 0 Å². The van der Waals surface area contributed by atoms with Crippen LogP contribution in [0.1, 0.15) is 12.6 Å². The number of nitrogens with zero attached hydrogens (tertiary/aromatic N) is 2. The predicted molar refractivity (Wildman–Crippen MR) is 48.2 cm³/mol. The molecule has 0 unspecified atom stereocenters. The normalized spacial score (nSPS) is 15.2. The molecule has 13 heavy (non-hydrogen) atoms. The molecule has 1 aromatic rings. The van der Waals surface area contributed by atoms with Crippen LogP contribution in [0.15, 0.2) is 6.33 Å². The summed E-state index contributed by atoms with van der Waals surface area (Å²) >= 11 is 0. The fraction of sp³-hybridized carbons (Fsp3) is 0.500. The molecule has 2 N–H and O–H groups in total. The number of carbonyl (C=O) groups excluding carboxylic acids is 1. The zero-order chi connectivity index (χ0) is 9.26. The Labute approximate surface area is 76.2 Å². The van der Waals surface area contributed by atoms with Crippen molar-refractivity contribution in [2.75, 3.05) is 11.9 Å². The van der Waals surface area contributed by atoms with Crippen LogP contribution in [-0.2, 0) is 17.9 Å². The number of imidazole rings is 1. The van der Waals surface area contributed by atoms with E-state index in [1.54, 1.807) is 6.33 Å². The standard InChI is InChI=1S/C8H12N4O/c1-6(13)11-8-7-4-9-2-3-12(7)5-10-8/h5,9H,2-4H2,1H3,(H,11,13). The molecule has 0 fully saturated rings. The third-order valence-electron chi connectivity index (χ3n) is 2.06. The third kappa shape index (κ3) is 1.55. The summed E-state index contributed by atoms with van der Waals surface area (Å²) in [5.41, 5.74) is 1.06. The van der Waals surface area contributed by atoms with Gasteiger partial charge in [-0.15, -0.1) is 0 Å². The Balaban J connectivity index is 2.26. The molecule has 0 saturated carbocycles. The van der Waals surface area contributed by atoms with E-state index >= 15 is 0 Å². The van der Waals surface area contributed by atoms with E-state index in [9.17, 15) is 4.79 Å². The third-order valence-corrected chi connectivity index (χ3v) is 2.06. The summed E-state index contributed by atoms with van der Waals surface area (Å²) in [7, 11) is 0. The van der Waals surface area contributed by atoms with Crippen LogP contribution < -0.4 is 10.6 Å². The molecule has 1 aliphatic heterocycles. The molecule has 0 aromatic carbocycles. The van der Waals surface area contributed by atoms with Crippen molar-refractivity contribution in [2.45, 2.75) is 20.0 Å². The Hall–Kier alpha value is -1.36. The number of aromatic nitrogens is 2. The molecular formula is C8H12N4O. The summed E-state index contributed by atoms with van der Waals surface area (Å²) in [4.78, 5) is 14.9. The first-order valence-electron chi connectivity index (χ1n) is 4.29. The minimum Gasteiger partial charge on any atom is -0.330 e. The molecule has 1 aromatic heterocycles. The first-order valence-corrected chi connectivity index (χ1v) is 4.29. The predicted octanol–water partition coefficient (Wildman–Crippen LogP) is -0.0553. The molecule has 2 rings (SSSR count). The monoisotopic (exact) mass is 180 g/mol. The maximum absolute atomic E-state index is 10.8. The lowest BCUT2D eigenvalue weighted by Crippen LogP contribution is -2.28. The molecule has 0 bridgehead atoms. The molecule has 70 valence electrons. The van der Waals surface area contributed by atoms with Crippen LogP contribution in [0.4, 0.5) is 5.82 Å². The average Bonchev–Trinajstić information content (AvgIpc) is 2.48. The summed E-state index contributed by atoms with van der Waals surface area (Å²) in [6.45, 7) is 4.14. The highest BCUT2D eigenvalue weighted by Gasteiger charge is 2.14. The molecule has 5 nitrogen and oxygen atoms in total. The zero-order valence-electron chi connectivity index (χ0n) is 7.50. The van der Waals surface area contributed by atoms with Crippen LogP contribution >= 0.6 is 0 Å². The first-order chi connectivity index (χ1) is 6.27. The van der Waals surface area contributed by atoms with Gasteiger partial charge in [0.2, 0.25) is 5.91 Å². The van der Waals surface area contributed by atoms with E-state index in [1.807, 2.05) is 0 Å². The fourth-order valence-corrected chi connectivity index (χ4v) is 1.46. The Morgan fingerprint density at radius 2 is 2.62 bits per heavy atom. The second-order valence-corrected chi connectivity index (χ2v) is 3.09. The number of amides is 1. The molecular weight excluding hydrogens is 168 g/mol. The Morgan fingerprint density at radius 3 is 3.38 bits per heavy atom. The molecule has 0 spiro atoms. The lowest BCUT2D eigenvalue weighted by molar-refractivity contribution is -0.114. The maximum Gasteiger partial charge on any atom is 0.222 e. The van der Waals surface area contributed by atoms with E-state index in [1.165, 1.54) is 6.92 Å². The minimum absolute atomic E-state index is 0.0768. The lowest BCUT2D eigenvalue weighted by Gasteiger charge is -2.16. The highest BCUT2D eigenvalue weighted by molar-refractivity contribution is 5.88. The van der Waals surface area contributed by atoms with E-state index in [2.05, 4.69) is 20.2 Å². The number of hydrogen-bond acceptors (Lipinski definition) is 3. The van der Waals surface area contributed by atoms with E-state index in [4.69, 9.17) is 0 Å². The fourth-order valence-electron chi connectivity index (χ4n) is 1.46. The van der Waals surface area contributed by atoms with Gasteiger partial charge >= 0.3 is 0 Å². The van der Waals surface area contributed by atoms with Gasteiger partial charge < -0.3 is 15.2 Å². The van der Waals surface area contributed by atoms with Gasteiger partial charge in [0.05, 0.1) is 12.0 Å². The van der Waals surface area contributed by atoms with Crippen molar-refractivity contribution in [3.05, 3.63) is 12.0 Å². The number of anilines is 1. The number of carbonyl (C=O) groups is 1. The summed E-state index contributed by atoms with van der Waals surface area (Å²) in [6, 6.07) is 0. The van der Waals surface area contributed by atoms with Gasteiger partial charge in [-0.1, -0.05) is 0 Å². The van der Waals surface area contributed by atoms with Gasteiger partial charge in [-0.2, -0.15) is 0 Å².